The van der Waals surface area contributed by atoms with Gasteiger partial charge in [0.15, 0.2) is 0 Å². The number of anilines is 1. The van der Waals surface area contributed by atoms with E-state index < -0.39 is 6.16 Å². The highest BCUT2D eigenvalue weighted by Crippen LogP contribution is 2.31. The monoisotopic (exact) mass is 240 g/mol. The SMILES string of the molecule is COC(=O)Oc1ccc2c(n1)NC(=O)CS2. The van der Waals surface area contributed by atoms with Crippen molar-refractivity contribution >= 4 is 29.6 Å². The molecule has 2 heterocycles. The number of pyridine rings is 1. The highest BCUT2D eigenvalue weighted by Gasteiger charge is 2.18. The molecule has 0 unspecified atom stereocenters. The van der Waals surface area contributed by atoms with Gasteiger partial charge in [0.25, 0.3) is 0 Å². The molecule has 2 rings (SSSR count). The first-order valence-electron chi connectivity index (χ1n) is 4.38. The molecule has 0 saturated heterocycles. The van der Waals surface area contributed by atoms with Crippen LogP contribution in [0.5, 0.6) is 5.88 Å². The first-order chi connectivity index (χ1) is 7.69. The van der Waals surface area contributed by atoms with Crippen molar-refractivity contribution in [1.29, 1.82) is 0 Å². The molecule has 0 spiro atoms. The number of nitrogens with zero attached hydrogens (tertiary/aromatic N) is 1. The quantitative estimate of drug-likeness (QED) is 0.745. The maximum absolute atomic E-state index is 11.1. The number of carbonyl (C=O) groups excluding carboxylic acids is 2. The molecule has 0 aromatic carbocycles. The fourth-order valence-electron chi connectivity index (χ4n) is 1.13. The number of fused-ring (bicyclic) bond motifs is 1. The summed E-state index contributed by atoms with van der Waals surface area (Å²) < 4.78 is 9.06. The van der Waals surface area contributed by atoms with Crippen molar-refractivity contribution in [2.45, 2.75) is 4.90 Å². The third-order valence-electron chi connectivity index (χ3n) is 1.80. The molecule has 16 heavy (non-hydrogen) atoms. The number of aromatic nitrogens is 1. The lowest BCUT2D eigenvalue weighted by molar-refractivity contribution is -0.113. The Labute approximate surface area is 95.3 Å². The molecule has 1 aromatic rings. The minimum atomic E-state index is -0.845. The van der Waals surface area contributed by atoms with Crippen LogP contribution in [0.4, 0.5) is 10.6 Å². The van der Waals surface area contributed by atoms with Gasteiger partial charge < -0.3 is 14.8 Å². The number of nitrogens with one attached hydrogen (secondary N) is 1. The number of hydrogen-bond donors (Lipinski definition) is 1. The van der Waals surface area contributed by atoms with E-state index in [4.69, 9.17) is 4.74 Å². The molecule has 7 heteroatoms. The van der Waals surface area contributed by atoms with Gasteiger partial charge in [-0.15, -0.1) is 11.8 Å². The minimum Gasteiger partial charge on any atom is -0.437 e. The van der Waals surface area contributed by atoms with Crippen LogP contribution >= 0.6 is 11.8 Å². The van der Waals surface area contributed by atoms with E-state index >= 15 is 0 Å². The second kappa shape index (κ2) is 4.40. The predicted octanol–water partition coefficient (Wildman–Crippen LogP) is 1.27. The molecule has 0 radical (unpaired) electrons. The second-order valence-electron chi connectivity index (χ2n) is 2.89. The van der Waals surface area contributed by atoms with E-state index in [-0.39, 0.29) is 11.8 Å². The maximum Gasteiger partial charge on any atom is 0.514 e. The lowest BCUT2D eigenvalue weighted by atomic mass is 10.4. The highest BCUT2D eigenvalue weighted by atomic mass is 32.2. The summed E-state index contributed by atoms with van der Waals surface area (Å²) in [5.41, 5.74) is 0. The van der Waals surface area contributed by atoms with Crippen LogP contribution in [-0.2, 0) is 9.53 Å². The molecule has 0 saturated carbocycles. The zero-order chi connectivity index (χ0) is 11.5. The molecule has 6 nitrogen and oxygen atoms in total. The van der Waals surface area contributed by atoms with E-state index in [0.717, 1.165) is 4.90 Å². The molecule has 1 amide bonds. The number of rotatable bonds is 1. The Morgan fingerprint density at radius 3 is 3.12 bits per heavy atom. The van der Waals surface area contributed by atoms with E-state index in [9.17, 15) is 9.59 Å². The van der Waals surface area contributed by atoms with Gasteiger partial charge in [0.1, 0.15) is 5.82 Å². The number of methoxy groups -OCH3 is 1. The molecule has 1 aliphatic heterocycles. The van der Waals surface area contributed by atoms with E-state index in [2.05, 4.69) is 15.0 Å². The molecule has 0 atom stereocenters. The van der Waals surface area contributed by atoms with Crippen molar-refractivity contribution in [3.05, 3.63) is 12.1 Å². The lowest BCUT2D eigenvalue weighted by Crippen LogP contribution is -2.20. The standard InChI is InChI=1S/C9H8N2O4S/c1-14-9(13)15-7-3-2-5-8(11-7)10-6(12)4-16-5/h2-3H,4H2,1H3,(H,10,11,12). The third kappa shape index (κ3) is 2.25. The smallest absolute Gasteiger partial charge is 0.437 e. The second-order valence-corrected chi connectivity index (χ2v) is 3.91. The largest absolute Gasteiger partial charge is 0.514 e. The van der Waals surface area contributed by atoms with Gasteiger partial charge in [0, 0.05) is 6.07 Å². The summed E-state index contributed by atoms with van der Waals surface area (Å²) in [5.74, 6) is 0.738. The van der Waals surface area contributed by atoms with Gasteiger partial charge in [-0.1, -0.05) is 0 Å². The summed E-state index contributed by atoms with van der Waals surface area (Å²) in [6.45, 7) is 0. The summed E-state index contributed by atoms with van der Waals surface area (Å²) >= 11 is 1.38. The molecule has 0 fully saturated rings. The Hall–Kier alpha value is -1.76. The van der Waals surface area contributed by atoms with Gasteiger partial charge in [-0.2, -0.15) is 4.98 Å². The van der Waals surface area contributed by atoms with E-state index in [1.165, 1.54) is 18.9 Å². The Balaban J connectivity index is 2.21. The van der Waals surface area contributed by atoms with Gasteiger partial charge in [-0.05, 0) is 6.07 Å². The zero-order valence-corrected chi connectivity index (χ0v) is 9.17. The van der Waals surface area contributed by atoms with Gasteiger partial charge >= 0.3 is 6.16 Å². The van der Waals surface area contributed by atoms with Crippen LogP contribution in [0.2, 0.25) is 0 Å². The van der Waals surface area contributed by atoms with E-state index in [1.54, 1.807) is 12.1 Å². The normalized spacial score (nSPS) is 13.7. The number of thioether (sulfide) groups is 1. The van der Waals surface area contributed by atoms with E-state index in [0.29, 0.717) is 11.6 Å². The van der Waals surface area contributed by atoms with Crippen molar-refractivity contribution in [2.75, 3.05) is 18.2 Å². The van der Waals surface area contributed by atoms with Crippen LogP contribution in [0.3, 0.4) is 0 Å². The molecule has 84 valence electrons. The van der Waals surface area contributed by atoms with E-state index in [1.807, 2.05) is 0 Å². The molecule has 1 aromatic heterocycles. The fraction of sp³-hybridized carbons (Fsp3) is 0.222. The average molecular weight is 240 g/mol. The molecule has 1 aliphatic rings. The van der Waals surface area contributed by atoms with Crippen LogP contribution in [0.25, 0.3) is 0 Å². The summed E-state index contributed by atoms with van der Waals surface area (Å²) in [5, 5.41) is 2.59. The van der Waals surface area contributed by atoms with Crippen molar-refractivity contribution in [1.82, 2.24) is 4.98 Å². The summed E-state index contributed by atoms with van der Waals surface area (Å²) in [6.07, 6.45) is -0.845. The molecular weight excluding hydrogens is 232 g/mol. The molecule has 0 aliphatic carbocycles. The topological polar surface area (TPSA) is 77.5 Å². The predicted molar refractivity (Wildman–Crippen MR) is 56.6 cm³/mol. The number of amides is 1. The van der Waals surface area contributed by atoms with Gasteiger partial charge in [0.05, 0.1) is 17.8 Å². The summed E-state index contributed by atoms with van der Waals surface area (Å²) in [4.78, 5) is 26.8. The maximum atomic E-state index is 11.1. The third-order valence-corrected chi connectivity index (χ3v) is 2.85. The molecule has 0 bridgehead atoms. The summed E-state index contributed by atoms with van der Waals surface area (Å²) in [7, 11) is 1.21. The van der Waals surface area contributed by atoms with Crippen molar-refractivity contribution in [3.8, 4) is 5.88 Å². The Kier molecular flexibility index (Phi) is 2.95. The van der Waals surface area contributed by atoms with Crippen molar-refractivity contribution < 1.29 is 19.1 Å². The first-order valence-corrected chi connectivity index (χ1v) is 5.37. The average Bonchev–Trinajstić information content (AvgIpc) is 2.28. The van der Waals surface area contributed by atoms with Crippen LogP contribution in [0, 0.1) is 0 Å². The van der Waals surface area contributed by atoms with Crippen LogP contribution in [-0.4, -0.2) is 29.9 Å². The number of carbonyl (C=O) groups is 2. The highest BCUT2D eigenvalue weighted by molar-refractivity contribution is 8.00. The van der Waals surface area contributed by atoms with Crippen LogP contribution < -0.4 is 10.1 Å². The van der Waals surface area contributed by atoms with Crippen LogP contribution in [0.1, 0.15) is 0 Å². The van der Waals surface area contributed by atoms with Crippen molar-refractivity contribution in [3.63, 3.8) is 0 Å². The molecular formula is C9H8N2O4S. The van der Waals surface area contributed by atoms with Gasteiger partial charge in [0.2, 0.25) is 11.8 Å². The Morgan fingerprint density at radius 2 is 2.38 bits per heavy atom. The number of hydrogen-bond acceptors (Lipinski definition) is 6. The van der Waals surface area contributed by atoms with Crippen LogP contribution in [0.15, 0.2) is 17.0 Å². The van der Waals surface area contributed by atoms with Gasteiger partial charge in [-0.3, -0.25) is 4.79 Å². The van der Waals surface area contributed by atoms with Crippen molar-refractivity contribution in [2.24, 2.45) is 0 Å². The summed E-state index contributed by atoms with van der Waals surface area (Å²) in [6, 6.07) is 3.27. The zero-order valence-electron chi connectivity index (χ0n) is 8.35. The minimum absolute atomic E-state index is 0.0911. The Bertz CT molecular complexity index is 449. The Morgan fingerprint density at radius 1 is 1.56 bits per heavy atom. The fourth-order valence-corrected chi connectivity index (χ4v) is 1.89. The van der Waals surface area contributed by atoms with Gasteiger partial charge in [-0.25, -0.2) is 4.79 Å². The lowest BCUT2D eigenvalue weighted by Gasteiger charge is -2.15. The number of ether oxygens (including phenoxy) is 2. The first kappa shape index (κ1) is 10.7. The molecule has 1 N–H and O–H groups in total.